The van der Waals surface area contributed by atoms with Crippen molar-refractivity contribution in [1.82, 2.24) is 4.90 Å². The number of halogens is 2. The van der Waals surface area contributed by atoms with Gasteiger partial charge in [0, 0.05) is 38.0 Å². The third-order valence-corrected chi connectivity index (χ3v) is 5.28. The number of aliphatic hydroxyl groups is 1. The number of piperidine rings is 1. The van der Waals surface area contributed by atoms with E-state index in [9.17, 15) is 13.9 Å². The molecule has 0 radical (unpaired) electrons. The molecule has 3 rings (SSSR count). The van der Waals surface area contributed by atoms with Crippen LogP contribution in [0.1, 0.15) is 30.5 Å². The molecule has 1 aliphatic rings. The number of hydrogen-bond acceptors (Lipinski definition) is 2. The number of nitrogens with zero attached hydrogens (tertiary/aromatic N) is 1. The summed E-state index contributed by atoms with van der Waals surface area (Å²) in [6.07, 6.45) is 0. The van der Waals surface area contributed by atoms with Crippen LogP contribution in [0.2, 0.25) is 0 Å². The van der Waals surface area contributed by atoms with Crippen molar-refractivity contribution in [3.63, 3.8) is 0 Å². The van der Waals surface area contributed by atoms with Gasteiger partial charge in [-0.25, -0.2) is 8.78 Å². The highest BCUT2D eigenvalue weighted by Crippen LogP contribution is 2.41. The molecule has 0 aliphatic carbocycles. The van der Waals surface area contributed by atoms with E-state index in [2.05, 4.69) is 23.6 Å². The zero-order chi connectivity index (χ0) is 18.9. The first-order chi connectivity index (χ1) is 12.2. The summed E-state index contributed by atoms with van der Waals surface area (Å²) in [6, 6.07) is 16.2. The Morgan fingerprint density at radius 3 is 2.31 bits per heavy atom. The van der Waals surface area contributed by atoms with Gasteiger partial charge in [0.2, 0.25) is 0 Å². The molecule has 0 aromatic heterocycles. The Bertz CT molecular complexity index is 767. The Morgan fingerprint density at radius 1 is 1.15 bits per heavy atom. The second-order valence-corrected chi connectivity index (χ2v) is 7.39. The minimum Gasteiger partial charge on any atom is -0.380 e. The molecule has 1 fully saturated rings. The van der Waals surface area contributed by atoms with Gasteiger partial charge in [0.05, 0.1) is 0 Å². The zero-order valence-electron chi connectivity index (χ0n) is 15.3. The van der Waals surface area contributed by atoms with E-state index in [0.29, 0.717) is 24.2 Å². The fourth-order valence-corrected chi connectivity index (χ4v) is 3.79. The van der Waals surface area contributed by atoms with Crippen molar-refractivity contribution in [1.29, 1.82) is 0 Å². The van der Waals surface area contributed by atoms with Crippen molar-refractivity contribution in [2.45, 2.75) is 31.9 Å². The van der Waals surface area contributed by atoms with Crippen LogP contribution in [0, 0.1) is 5.92 Å². The van der Waals surface area contributed by atoms with Crippen molar-refractivity contribution in [3.8, 4) is 0 Å². The predicted octanol–water partition coefficient (Wildman–Crippen LogP) is 4.69. The molecular formula is C22H25F2NO. The first kappa shape index (κ1) is 18.7. The molecule has 2 aromatic carbocycles. The van der Waals surface area contributed by atoms with Crippen LogP contribution >= 0.6 is 0 Å². The fraction of sp³-hybridized carbons (Fsp3) is 0.364. The number of likely N-dealkylation sites (tertiary alicyclic amines) is 1. The molecule has 0 amide bonds. The van der Waals surface area contributed by atoms with Crippen LogP contribution in [0.4, 0.5) is 8.78 Å². The molecule has 2 aromatic rings. The lowest BCUT2D eigenvalue weighted by atomic mass is 9.74. The molecule has 1 aliphatic heterocycles. The Labute approximate surface area is 153 Å². The molecule has 1 heterocycles. The first-order valence-electron chi connectivity index (χ1n) is 8.87. The Balaban J connectivity index is 1.79. The molecule has 0 bridgehead atoms. The summed E-state index contributed by atoms with van der Waals surface area (Å²) in [5.74, 6) is -2.98. The SMILES string of the molecule is C=C1CN(Cc2ccccc2)C[C@@H](C)[C@]1(O)c1ccc(C(C)(F)F)cc1. The molecule has 138 valence electrons. The van der Waals surface area contributed by atoms with Crippen molar-refractivity contribution in [2.75, 3.05) is 13.1 Å². The minimum absolute atomic E-state index is 0.0513. The first-order valence-corrected chi connectivity index (χ1v) is 8.87. The minimum atomic E-state index is -2.89. The summed E-state index contributed by atoms with van der Waals surface area (Å²) < 4.78 is 26.9. The molecule has 0 saturated carbocycles. The maximum Gasteiger partial charge on any atom is 0.270 e. The average Bonchev–Trinajstić information content (AvgIpc) is 2.60. The lowest BCUT2D eigenvalue weighted by Crippen LogP contribution is -2.50. The van der Waals surface area contributed by atoms with Gasteiger partial charge in [-0.1, -0.05) is 68.1 Å². The van der Waals surface area contributed by atoms with Gasteiger partial charge < -0.3 is 5.11 Å². The Morgan fingerprint density at radius 2 is 1.77 bits per heavy atom. The molecule has 0 unspecified atom stereocenters. The predicted molar refractivity (Wildman–Crippen MR) is 99.9 cm³/mol. The summed E-state index contributed by atoms with van der Waals surface area (Å²) in [4.78, 5) is 2.26. The average molecular weight is 357 g/mol. The van der Waals surface area contributed by atoms with Crippen LogP contribution in [-0.2, 0) is 18.1 Å². The van der Waals surface area contributed by atoms with Gasteiger partial charge in [0.15, 0.2) is 0 Å². The molecule has 26 heavy (non-hydrogen) atoms. The molecule has 2 atom stereocenters. The summed E-state index contributed by atoms with van der Waals surface area (Å²) in [7, 11) is 0. The van der Waals surface area contributed by atoms with Gasteiger partial charge in [-0.15, -0.1) is 0 Å². The van der Waals surface area contributed by atoms with Crippen LogP contribution in [0.25, 0.3) is 0 Å². The van der Waals surface area contributed by atoms with Gasteiger partial charge in [0.25, 0.3) is 5.92 Å². The fourth-order valence-electron chi connectivity index (χ4n) is 3.79. The van der Waals surface area contributed by atoms with Crippen LogP contribution in [0.3, 0.4) is 0 Å². The van der Waals surface area contributed by atoms with Gasteiger partial charge >= 0.3 is 0 Å². The normalized spacial score (nSPS) is 24.7. The topological polar surface area (TPSA) is 23.5 Å². The molecule has 1 N–H and O–H groups in total. The molecule has 1 saturated heterocycles. The molecule has 2 nitrogen and oxygen atoms in total. The number of benzene rings is 2. The lowest BCUT2D eigenvalue weighted by Gasteiger charge is -2.45. The maximum absolute atomic E-state index is 13.4. The lowest BCUT2D eigenvalue weighted by molar-refractivity contribution is -0.0258. The number of alkyl halides is 2. The highest BCUT2D eigenvalue weighted by Gasteiger charge is 2.43. The van der Waals surface area contributed by atoms with Crippen LogP contribution < -0.4 is 0 Å². The number of hydrogen-bond donors (Lipinski definition) is 1. The molecular weight excluding hydrogens is 332 g/mol. The third-order valence-electron chi connectivity index (χ3n) is 5.28. The highest BCUT2D eigenvalue weighted by atomic mass is 19.3. The van der Waals surface area contributed by atoms with E-state index >= 15 is 0 Å². The number of rotatable bonds is 4. The van der Waals surface area contributed by atoms with E-state index in [1.807, 2.05) is 25.1 Å². The zero-order valence-corrected chi connectivity index (χ0v) is 15.3. The largest absolute Gasteiger partial charge is 0.380 e. The Hall–Kier alpha value is -2.04. The van der Waals surface area contributed by atoms with Crippen molar-refractivity contribution >= 4 is 0 Å². The standard InChI is InChI=1S/C22H25F2NO/c1-16-13-25(15-18-7-5-4-6-8-18)14-17(2)22(16,26)20-11-9-19(10-12-20)21(3,23)24/h4-12,17,26H,1,13-15H2,2-3H3/t17-,22+/m1/s1. The van der Waals surface area contributed by atoms with E-state index in [1.54, 1.807) is 12.1 Å². The molecule has 0 spiro atoms. The quantitative estimate of drug-likeness (QED) is 0.802. The van der Waals surface area contributed by atoms with Crippen LogP contribution in [0.15, 0.2) is 66.7 Å². The second kappa shape index (κ2) is 6.93. The highest BCUT2D eigenvalue weighted by molar-refractivity contribution is 5.37. The summed E-state index contributed by atoms with van der Waals surface area (Å²) in [5.41, 5.74) is 1.29. The third kappa shape index (κ3) is 3.57. The van der Waals surface area contributed by atoms with E-state index in [-0.39, 0.29) is 11.5 Å². The van der Waals surface area contributed by atoms with Gasteiger partial charge in [-0.2, -0.15) is 0 Å². The van der Waals surface area contributed by atoms with E-state index in [1.165, 1.54) is 17.7 Å². The second-order valence-electron chi connectivity index (χ2n) is 7.39. The van der Waals surface area contributed by atoms with Crippen molar-refractivity contribution in [3.05, 3.63) is 83.4 Å². The van der Waals surface area contributed by atoms with E-state index < -0.39 is 11.5 Å². The van der Waals surface area contributed by atoms with Crippen molar-refractivity contribution < 1.29 is 13.9 Å². The monoisotopic (exact) mass is 357 g/mol. The van der Waals surface area contributed by atoms with Gasteiger partial charge in [0.1, 0.15) is 5.60 Å². The van der Waals surface area contributed by atoms with Gasteiger partial charge in [-0.3, -0.25) is 4.90 Å². The molecule has 4 heteroatoms. The van der Waals surface area contributed by atoms with E-state index in [4.69, 9.17) is 0 Å². The van der Waals surface area contributed by atoms with Gasteiger partial charge in [-0.05, 0) is 16.7 Å². The Kier molecular flexibility index (Phi) is 5.00. The summed E-state index contributed by atoms with van der Waals surface area (Å²) >= 11 is 0. The maximum atomic E-state index is 13.4. The summed E-state index contributed by atoms with van der Waals surface area (Å²) in [5, 5.41) is 11.3. The smallest absolute Gasteiger partial charge is 0.270 e. The van der Waals surface area contributed by atoms with Crippen molar-refractivity contribution in [2.24, 2.45) is 5.92 Å². The van der Waals surface area contributed by atoms with Crippen LogP contribution in [-0.4, -0.2) is 23.1 Å². The van der Waals surface area contributed by atoms with Crippen LogP contribution in [0.5, 0.6) is 0 Å². The summed E-state index contributed by atoms with van der Waals surface area (Å²) in [6.45, 7) is 9.04. The van der Waals surface area contributed by atoms with E-state index in [0.717, 1.165) is 13.5 Å².